The second-order valence-corrected chi connectivity index (χ2v) is 5.49. The third kappa shape index (κ3) is 8.58. The fourth-order valence-electron chi connectivity index (χ4n) is 2.21. The van der Waals surface area contributed by atoms with Crippen molar-refractivity contribution >= 4 is 0 Å². The maximum absolute atomic E-state index is 8.91. The third-order valence-electron chi connectivity index (χ3n) is 3.44. The molecule has 2 unspecified atom stereocenters. The molecule has 17 heavy (non-hydrogen) atoms. The van der Waals surface area contributed by atoms with Crippen molar-refractivity contribution < 1.29 is 5.11 Å². The lowest BCUT2D eigenvalue weighted by molar-refractivity contribution is 0.235. The summed E-state index contributed by atoms with van der Waals surface area (Å²) in [6.45, 7) is 7.45. The summed E-state index contributed by atoms with van der Waals surface area (Å²) in [5.74, 6) is 0. The Balaban J connectivity index is 3.84. The summed E-state index contributed by atoms with van der Waals surface area (Å²) in [5.41, 5.74) is 5.90. The predicted molar refractivity (Wildman–Crippen MR) is 75.1 cm³/mol. The van der Waals surface area contributed by atoms with E-state index in [4.69, 9.17) is 10.8 Å². The number of hydrogen-bond donors (Lipinski definition) is 3. The Bertz CT molecular complexity index is 176. The van der Waals surface area contributed by atoms with E-state index in [0.717, 1.165) is 12.8 Å². The maximum atomic E-state index is 8.91. The molecule has 4 N–H and O–H groups in total. The van der Waals surface area contributed by atoms with Crippen LogP contribution in [0.2, 0.25) is 0 Å². The minimum Gasteiger partial charge on any atom is -0.396 e. The van der Waals surface area contributed by atoms with Gasteiger partial charge >= 0.3 is 0 Å². The van der Waals surface area contributed by atoms with Crippen molar-refractivity contribution in [3.8, 4) is 0 Å². The van der Waals surface area contributed by atoms with Gasteiger partial charge < -0.3 is 16.2 Å². The van der Waals surface area contributed by atoms with Crippen molar-refractivity contribution in [3.63, 3.8) is 0 Å². The molecule has 0 aromatic rings. The summed E-state index contributed by atoms with van der Waals surface area (Å²) in [4.78, 5) is 0. The molecule has 0 aromatic carbocycles. The monoisotopic (exact) mass is 244 g/mol. The topological polar surface area (TPSA) is 58.3 Å². The van der Waals surface area contributed by atoms with Crippen LogP contribution in [0.5, 0.6) is 0 Å². The second kappa shape index (κ2) is 9.86. The molecule has 0 amide bonds. The first kappa shape index (κ1) is 16.9. The number of aliphatic hydroxyl groups is 1. The number of aliphatic hydroxyl groups excluding tert-OH is 1. The highest BCUT2D eigenvalue weighted by Gasteiger charge is 2.23. The summed E-state index contributed by atoms with van der Waals surface area (Å²) in [7, 11) is 0. The van der Waals surface area contributed by atoms with Gasteiger partial charge in [0.05, 0.1) is 0 Å². The van der Waals surface area contributed by atoms with Gasteiger partial charge in [-0.2, -0.15) is 0 Å². The van der Waals surface area contributed by atoms with Crippen LogP contribution in [0.25, 0.3) is 0 Å². The van der Waals surface area contributed by atoms with Crippen LogP contribution in [-0.2, 0) is 0 Å². The first-order chi connectivity index (χ1) is 8.08. The van der Waals surface area contributed by atoms with Crippen molar-refractivity contribution in [2.75, 3.05) is 13.2 Å². The van der Waals surface area contributed by atoms with E-state index < -0.39 is 0 Å². The van der Waals surface area contributed by atoms with Crippen molar-refractivity contribution in [1.82, 2.24) is 5.32 Å². The average Bonchev–Trinajstić information content (AvgIpc) is 2.29. The molecule has 0 heterocycles. The molecule has 0 fully saturated rings. The molecule has 3 nitrogen and oxygen atoms in total. The molecule has 0 radical (unpaired) electrons. The fraction of sp³-hybridized carbons (Fsp3) is 1.00. The van der Waals surface area contributed by atoms with E-state index in [1.54, 1.807) is 0 Å². The van der Waals surface area contributed by atoms with E-state index in [1.807, 2.05) is 0 Å². The van der Waals surface area contributed by atoms with Crippen LogP contribution in [0.1, 0.15) is 65.7 Å². The highest BCUT2D eigenvalue weighted by atomic mass is 16.3. The summed E-state index contributed by atoms with van der Waals surface area (Å²) >= 11 is 0. The van der Waals surface area contributed by atoms with Crippen LogP contribution in [0.4, 0.5) is 0 Å². The van der Waals surface area contributed by atoms with E-state index in [9.17, 15) is 0 Å². The van der Waals surface area contributed by atoms with Crippen molar-refractivity contribution in [3.05, 3.63) is 0 Å². The molecule has 104 valence electrons. The standard InChI is InChI=1S/C14H32N2O/c1-4-5-6-7-8-10-14(3,12-15)16-13(2)9-11-17/h13,16-17H,4-12,15H2,1-3H3. The Labute approximate surface area is 107 Å². The molecule has 2 atom stereocenters. The number of rotatable bonds is 11. The van der Waals surface area contributed by atoms with Crippen molar-refractivity contribution in [1.29, 1.82) is 0 Å². The number of nitrogens with one attached hydrogen (secondary N) is 1. The zero-order valence-electron chi connectivity index (χ0n) is 12.0. The molecule has 0 saturated carbocycles. The SMILES string of the molecule is CCCCCCCC(C)(CN)NC(C)CCO. The van der Waals surface area contributed by atoms with Gasteiger partial charge in [0.2, 0.25) is 0 Å². The molecule has 0 saturated heterocycles. The summed E-state index contributed by atoms with van der Waals surface area (Å²) in [5, 5.41) is 12.5. The minimum atomic E-state index is 0.0286. The Morgan fingerprint density at radius 2 is 1.88 bits per heavy atom. The van der Waals surface area contributed by atoms with Crippen LogP contribution in [0.15, 0.2) is 0 Å². The molecule has 0 bridgehead atoms. The first-order valence-electron chi connectivity index (χ1n) is 7.16. The van der Waals surface area contributed by atoms with Crippen LogP contribution < -0.4 is 11.1 Å². The van der Waals surface area contributed by atoms with E-state index in [2.05, 4.69) is 26.1 Å². The van der Waals surface area contributed by atoms with Gasteiger partial charge in [-0.15, -0.1) is 0 Å². The Morgan fingerprint density at radius 1 is 1.24 bits per heavy atom. The van der Waals surface area contributed by atoms with E-state index in [-0.39, 0.29) is 12.1 Å². The zero-order chi connectivity index (χ0) is 13.1. The van der Waals surface area contributed by atoms with Crippen LogP contribution in [-0.4, -0.2) is 29.8 Å². The molecule has 0 aliphatic carbocycles. The summed E-state index contributed by atoms with van der Waals surface area (Å²) < 4.78 is 0. The molecule has 0 aliphatic rings. The van der Waals surface area contributed by atoms with E-state index in [1.165, 1.54) is 32.1 Å². The third-order valence-corrected chi connectivity index (χ3v) is 3.44. The Hall–Kier alpha value is -0.120. The molecular weight excluding hydrogens is 212 g/mol. The number of hydrogen-bond acceptors (Lipinski definition) is 3. The highest BCUT2D eigenvalue weighted by molar-refractivity contribution is 4.86. The van der Waals surface area contributed by atoms with Gasteiger partial charge in [0.25, 0.3) is 0 Å². The Kier molecular flexibility index (Phi) is 9.79. The van der Waals surface area contributed by atoms with Gasteiger partial charge in [-0.05, 0) is 26.7 Å². The fourth-order valence-corrected chi connectivity index (χ4v) is 2.21. The minimum absolute atomic E-state index is 0.0286. The predicted octanol–water partition coefficient (Wildman–Crippen LogP) is 2.42. The van der Waals surface area contributed by atoms with Gasteiger partial charge in [0.15, 0.2) is 0 Å². The normalized spacial score (nSPS) is 16.8. The summed E-state index contributed by atoms with van der Waals surface area (Å²) in [6.07, 6.45) is 8.44. The second-order valence-electron chi connectivity index (χ2n) is 5.49. The quantitative estimate of drug-likeness (QED) is 0.489. The zero-order valence-corrected chi connectivity index (χ0v) is 12.0. The van der Waals surface area contributed by atoms with Crippen LogP contribution in [0.3, 0.4) is 0 Å². The lowest BCUT2D eigenvalue weighted by Gasteiger charge is -2.33. The van der Waals surface area contributed by atoms with Gasteiger partial charge in [0, 0.05) is 24.7 Å². The Morgan fingerprint density at radius 3 is 2.41 bits per heavy atom. The van der Waals surface area contributed by atoms with E-state index >= 15 is 0 Å². The van der Waals surface area contributed by atoms with Crippen molar-refractivity contribution in [2.45, 2.75) is 77.3 Å². The lowest BCUT2D eigenvalue weighted by atomic mass is 9.92. The van der Waals surface area contributed by atoms with Gasteiger partial charge in [-0.1, -0.05) is 39.0 Å². The number of nitrogens with two attached hydrogens (primary N) is 1. The van der Waals surface area contributed by atoms with E-state index in [0.29, 0.717) is 12.6 Å². The first-order valence-corrected chi connectivity index (χ1v) is 7.16. The van der Waals surface area contributed by atoms with Gasteiger partial charge in [0.1, 0.15) is 0 Å². The largest absolute Gasteiger partial charge is 0.396 e. The molecule has 0 spiro atoms. The smallest absolute Gasteiger partial charge is 0.0445 e. The highest BCUT2D eigenvalue weighted by Crippen LogP contribution is 2.16. The number of unbranched alkanes of at least 4 members (excludes halogenated alkanes) is 4. The summed E-state index contributed by atoms with van der Waals surface area (Å²) in [6, 6.07) is 0.337. The van der Waals surface area contributed by atoms with Crippen molar-refractivity contribution in [2.24, 2.45) is 5.73 Å². The molecule has 0 rings (SSSR count). The van der Waals surface area contributed by atoms with Crippen LogP contribution >= 0.6 is 0 Å². The van der Waals surface area contributed by atoms with Gasteiger partial charge in [-0.25, -0.2) is 0 Å². The average molecular weight is 244 g/mol. The van der Waals surface area contributed by atoms with Gasteiger partial charge in [-0.3, -0.25) is 0 Å². The molecule has 0 aliphatic heterocycles. The molecular formula is C14H32N2O. The molecule has 3 heteroatoms. The maximum Gasteiger partial charge on any atom is 0.0445 e. The van der Waals surface area contributed by atoms with Crippen LogP contribution in [0, 0.1) is 0 Å². The molecule has 0 aromatic heterocycles. The lowest BCUT2D eigenvalue weighted by Crippen LogP contribution is -2.52.